The summed E-state index contributed by atoms with van der Waals surface area (Å²) in [6.07, 6.45) is 0.121. The molecule has 21 heavy (non-hydrogen) atoms. The molecular weight excluding hydrogens is 282 g/mol. The Hall–Kier alpha value is -1.67. The lowest BCUT2D eigenvalue weighted by Gasteiger charge is -2.14. The normalized spacial score (nSPS) is 10.8. The lowest BCUT2D eigenvalue weighted by Crippen LogP contribution is -2.06. The van der Waals surface area contributed by atoms with Crippen LogP contribution in [0, 0.1) is 13.8 Å². The van der Waals surface area contributed by atoms with E-state index in [2.05, 4.69) is 37.4 Å². The fraction of sp³-hybridized carbons (Fsp3) is 0.333. The predicted octanol–water partition coefficient (Wildman–Crippen LogP) is 5.36. The summed E-state index contributed by atoms with van der Waals surface area (Å²) in [7, 11) is 0. The maximum absolute atomic E-state index is 6.25. The first-order chi connectivity index (χ1) is 9.97. The Morgan fingerprint density at radius 1 is 1.10 bits per heavy atom. The highest BCUT2D eigenvalue weighted by molar-refractivity contribution is 6.32. The van der Waals surface area contributed by atoms with E-state index in [0.29, 0.717) is 5.02 Å². The van der Waals surface area contributed by atoms with Crippen LogP contribution < -0.4 is 10.1 Å². The molecule has 0 unspecified atom stereocenters. The lowest BCUT2D eigenvalue weighted by molar-refractivity contribution is 0.242. The lowest BCUT2D eigenvalue weighted by atomic mass is 10.0. The molecule has 2 nitrogen and oxygen atoms in total. The minimum atomic E-state index is 0.121. The van der Waals surface area contributed by atoms with Crippen LogP contribution in [0.5, 0.6) is 5.75 Å². The number of hydrogen-bond acceptors (Lipinski definition) is 2. The molecule has 2 aromatic carbocycles. The summed E-state index contributed by atoms with van der Waals surface area (Å²) in [4.78, 5) is 0. The highest BCUT2D eigenvalue weighted by atomic mass is 35.5. The van der Waals surface area contributed by atoms with E-state index in [4.69, 9.17) is 16.3 Å². The van der Waals surface area contributed by atoms with Crippen molar-refractivity contribution in [1.29, 1.82) is 0 Å². The first-order valence-electron chi connectivity index (χ1n) is 7.22. The topological polar surface area (TPSA) is 21.3 Å². The minimum absolute atomic E-state index is 0.121. The van der Waals surface area contributed by atoms with Crippen molar-refractivity contribution < 1.29 is 4.74 Å². The zero-order chi connectivity index (χ0) is 15.4. The van der Waals surface area contributed by atoms with Gasteiger partial charge in [0.2, 0.25) is 0 Å². The second-order valence-corrected chi connectivity index (χ2v) is 5.94. The van der Waals surface area contributed by atoms with Crippen LogP contribution in [0.1, 0.15) is 30.5 Å². The smallest absolute Gasteiger partial charge is 0.138 e. The van der Waals surface area contributed by atoms with Gasteiger partial charge in [0.25, 0.3) is 0 Å². The van der Waals surface area contributed by atoms with Crippen LogP contribution in [0.3, 0.4) is 0 Å². The van der Waals surface area contributed by atoms with E-state index in [1.807, 2.05) is 32.0 Å². The molecule has 2 aromatic rings. The van der Waals surface area contributed by atoms with Crippen LogP contribution in [0.25, 0.3) is 0 Å². The van der Waals surface area contributed by atoms with Gasteiger partial charge in [-0.2, -0.15) is 0 Å². The summed E-state index contributed by atoms with van der Waals surface area (Å²) in [5.41, 5.74) is 4.93. The third kappa shape index (κ3) is 4.15. The first kappa shape index (κ1) is 15.7. The molecule has 0 atom stereocenters. The van der Waals surface area contributed by atoms with E-state index in [0.717, 1.165) is 18.0 Å². The molecule has 0 aliphatic heterocycles. The second-order valence-electron chi connectivity index (χ2n) is 5.54. The fourth-order valence-corrected chi connectivity index (χ4v) is 2.50. The first-order valence-corrected chi connectivity index (χ1v) is 7.60. The van der Waals surface area contributed by atoms with E-state index < -0.39 is 0 Å². The zero-order valence-corrected chi connectivity index (χ0v) is 13.8. The van der Waals surface area contributed by atoms with Gasteiger partial charge in [-0.25, -0.2) is 0 Å². The van der Waals surface area contributed by atoms with Crippen molar-refractivity contribution in [3.8, 4) is 5.75 Å². The van der Waals surface area contributed by atoms with Gasteiger partial charge in [0, 0.05) is 12.2 Å². The molecule has 0 fully saturated rings. The molecule has 0 saturated heterocycles. The number of aryl methyl sites for hydroxylation is 2. The number of hydrogen-bond donors (Lipinski definition) is 1. The highest BCUT2D eigenvalue weighted by Gasteiger charge is 2.06. The molecule has 0 aliphatic rings. The summed E-state index contributed by atoms with van der Waals surface area (Å²) in [5, 5.41) is 4.06. The molecule has 112 valence electrons. The van der Waals surface area contributed by atoms with Crippen LogP contribution >= 0.6 is 11.6 Å². The molecule has 0 aromatic heterocycles. The van der Waals surface area contributed by atoms with Crippen molar-refractivity contribution in [3.63, 3.8) is 0 Å². The average molecular weight is 304 g/mol. The number of ether oxygens (including phenoxy) is 1. The van der Waals surface area contributed by atoms with Crippen molar-refractivity contribution in [2.24, 2.45) is 0 Å². The number of benzene rings is 2. The number of nitrogens with one attached hydrogen (secondary N) is 1. The Bertz CT molecular complexity index is 602. The van der Waals surface area contributed by atoms with Gasteiger partial charge in [0.05, 0.1) is 11.1 Å². The minimum Gasteiger partial charge on any atom is -0.489 e. The van der Waals surface area contributed by atoms with Crippen LogP contribution in [0.4, 0.5) is 5.69 Å². The molecule has 0 aliphatic carbocycles. The summed E-state index contributed by atoms with van der Waals surface area (Å²) in [6, 6.07) is 12.2. The SMILES string of the molecule is Cc1cccc(C)c1CNc1ccc(OC(C)C)c(Cl)c1. The van der Waals surface area contributed by atoms with E-state index >= 15 is 0 Å². The number of rotatable bonds is 5. The van der Waals surface area contributed by atoms with E-state index in [1.165, 1.54) is 16.7 Å². The highest BCUT2D eigenvalue weighted by Crippen LogP contribution is 2.29. The maximum Gasteiger partial charge on any atom is 0.138 e. The Morgan fingerprint density at radius 2 is 1.76 bits per heavy atom. The molecule has 0 saturated carbocycles. The van der Waals surface area contributed by atoms with Crippen LogP contribution in [-0.4, -0.2) is 6.10 Å². The molecule has 0 heterocycles. The Balaban J connectivity index is 2.09. The average Bonchev–Trinajstić information content (AvgIpc) is 2.41. The third-order valence-corrected chi connectivity index (χ3v) is 3.70. The van der Waals surface area contributed by atoms with Crippen molar-refractivity contribution in [1.82, 2.24) is 0 Å². The molecule has 0 radical (unpaired) electrons. The van der Waals surface area contributed by atoms with Crippen molar-refractivity contribution in [2.75, 3.05) is 5.32 Å². The quantitative estimate of drug-likeness (QED) is 0.803. The van der Waals surface area contributed by atoms with Gasteiger partial charge in [-0.05, 0) is 62.6 Å². The Labute approximate surface area is 132 Å². The molecule has 2 rings (SSSR count). The molecule has 3 heteroatoms. The van der Waals surface area contributed by atoms with Gasteiger partial charge in [-0.15, -0.1) is 0 Å². The second kappa shape index (κ2) is 6.86. The Morgan fingerprint density at radius 3 is 2.33 bits per heavy atom. The van der Waals surface area contributed by atoms with E-state index in [1.54, 1.807) is 0 Å². The summed E-state index contributed by atoms with van der Waals surface area (Å²) >= 11 is 6.25. The summed E-state index contributed by atoms with van der Waals surface area (Å²) < 4.78 is 5.64. The monoisotopic (exact) mass is 303 g/mol. The summed E-state index contributed by atoms with van der Waals surface area (Å²) in [6.45, 7) is 9.04. The van der Waals surface area contributed by atoms with Crippen LogP contribution in [0.2, 0.25) is 5.02 Å². The Kier molecular flexibility index (Phi) is 5.13. The van der Waals surface area contributed by atoms with Gasteiger partial charge < -0.3 is 10.1 Å². The van der Waals surface area contributed by atoms with E-state index in [9.17, 15) is 0 Å². The fourth-order valence-electron chi connectivity index (χ4n) is 2.28. The van der Waals surface area contributed by atoms with Gasteiger partial charge in [0.1, 0.15) is 5.75 Å². The van der Waals surface area contributed by atoms with Crippen LogP contribution in [-0.2, 0) is 6.54 Å². The largest absolute Gasteiger partial charge is 0.489 e. The van der Waals surface area contributed by atoms with Gasteiger partial charge in [-0.3, -0.25) is 0 Å². The number of halogens is 1. The molecule has 0 amide bonds. The molecule has 0 spiro atoms. The maximum atomic E-state index is 6.25. The van der Waals surface area contributed by atoms with E-state index in [-0.39, 0.29) is 6.10 Å². The van der Waals surface area contributed by atoms with Gasteiger partial charge in [-0.1, -0.05) is 29.8 Å². The van der Waals surface area contributed by atoms with Crippen LogP contribution in [0.15, 0.2) is 36.4 Å². The summed E-state index contributed by atoms with van der Waals surface area (Å²) in [5.74, 6) is 0.726. The third-order valence-electron chi connectivity index (χ3n) is 3.41. The van der Waals surface area contributed by atoms with Crippen molar-refractivity contribution in [3.05, 3.63) is 58.1 Å². The predicted molar refractivity (Wildman–Crippen MR) is 90.5 cm³/mol. The zero-order valence-electron chi connectivity index (χ0n) is 13.0. The van der Waals surface area contributed by atoms with Crippen molar-refractivity contribution >= 4 is 17.3 Å². The molecular formula is C18H22ClNO. The van der Waals surface area contributed by atoms with Crippen molar-refractivity contribution in [2.45, 2.75) is 40.3 Å². The number of anilines is 1. The molecule has 1 N–H and O–H groups in total. The molecule has 0 bridgehead atoms. The van der Waals surface area contributed by atoms with Gasteiger partial charge >= 0.3 is 0 Å². The van der Waals surface area contributed by atoms with Gasteiger partial charge in [0.15, 0.2) is 0 Å². The standard InChI is InChI=1S/C18H22ClNO/c1-12(2)21-18-9-8-15(10-17(18)19)20-11-16-13(3)6-5-7-14(16)4/h5-10,12,20H,11H2,1-4H3.